The van der Waals surface area contributed by atoms with Crippen molar-refractivity contribution in [2.75, 3.05) is 0 Å². The summed E-state index contributed by atoms with van der Waals surface area (Å²) >= 11 is 0. The number of hydrogen-bond acceptors (Lipinski definition) is 0. The summed E-state index contributed by atoms with van der Waals surface area (Å²) < 4.78 is 329. The highest BCUT2D eigenvalue weighted by Gasteiger charge is 2.46. The molecule has 0 saturated carbocycles. The van der Waals surface area contributed by atoms with E-state index in [9.17, 15) is 101 Å². The molecule has 0 saturated heterocycles. The molecule has 0 unspecified atom stereocenters. The van der Waals surface area contributed by atoms with E-state index >= 15 is 0 Å². The van der Waals surface area contributed by atoms with Gasteiger partial charge in [0.2, 0.25) is 0 Å². The summed E-state index contributed by atoms with van der Waals surface area (Å²) in [4.78, 5) is 0. The third-order valence-electron chi connectivity index (χ3n) is 8.62. The quantitative estimate of drug-likeness (QED) is 0.139. The minimum Gasteiger partial charge on any atom is -0.202 e. The van der Waals surface area contributed by atoms with E-state index in [1.165, 1.54) is 0 Å². The number of halogens is 23. The molecule has 0 heterocycles. The van der Waals surface area contributed by atoms with Crippen LogP contribution in [-0.2, 0) is 49.2 Å². The second-order valence-electron chi connectivity index (χ2n) is 12.6. The van der Waals surface area contributed by atoms with Gasteiger partial charge in [-0.05, 0) is 24.3 Å². The molecule has 312 valence electrons. The summed E-state index contributed by atoms with van der Waals surface area (Å²) in [6.07, 6.45) is -48.0. The fourth-order valence-electron chi connectivity index (χ4n) is 6.16. The second-order valence-corrected chi connectivity index (χ2v) is 12.6. The van der Waals surface area contributed by atoms with Gasteiger partial charge in [0.05, 0.1) is 38.9 Å². The summed E-state index contributed by atoms with van der Waals surface area (Å²) in [5.41, 5.74) is -28.2. The van der Waals surface area contributed by atoms with E-state index < -0.39 is 188 Å². The van der Waals surface area contributed by atoms with E-state index in [-0.39, 0.29) is 13.0 Å². The van der Waals surface area contributed by atoms with Crippen LogP contribution in [0.25, 0.3) is 0 Å². The molecule has 4 rings (SSSR count). The van der Waals surface area contributed by atoms with Gasteiger partial charge in [-0.2, -0.15) is 114 Å². The Bertz CT molecular complexity index is 1700. The van der Waals surface area contributed by atoms with Gasteiger partial charge in [0.25, 0.3) is 5.92 Å². The Hall–Kier alpha value is -4.67. The number of benzene rings is 4. The molecule has 0 atom stereocenters. The van der Waals surface area contributed by atoms with Gasteiger partial charge in [-0.1, -0.05) is 48.5 Å². The van der Waals surface area contributed by atoms with E-state index in [0.29, 0.717) is 0 Å². The molecule has 0 aliphatic heterocycles. The smallest absolute Gasteiger partial charge is 0.202 e. The molecule has 4 aromatic rings. The Morgan fingerprint density at radius 1 is 0.246 bits per heavy atom. The van der Waals surface area contributed by atoms with E-state index in [0.717, 1.165) is 0 Å². The summed E-state index contributed by atoms with van der Waals surface area (Å²) in [6.45, 7) is -0.203. The average molecular weight is 859 g/mol. The molecule has 0 bridgehead atoms. The fraction of sp³-hybridized carbons (Fsp3) is 0.273. The Balaban J connectivity index is 2.62. The van der Waals surface area contributed by atoms with Crippen molar-refractivity contribution in [3.63, 3.8) is 0 Å². The third kappa shape index (κ3) is 9.39. The highest BCUT2D eigenvalue weighted by atomic mass is 19.4. The Morgan fingerprint density at radius 2 is 0.386 bits per heavy atom. The summed E-state index contributed by atoms with van der Waals surface area (Å²) in [7, 11) is 0. The lowest BCUT2D eigenvalue weighted by Gasteiger charge is -2.46. The molecule has 0 aliphatic carbocycles. The van der Waals surface area contributed by atoms with E-state index in [4.69, 9.17) is 0 Å². The summed E-state index contributed by atoms with van der Waals surface area (Å²) in [6, 6.07) is -7.15. The van der Waals surface area contributed by atoms with Crippen LogP contribution in [0.4, 0.5) is 101 Å². The molecular weight excluding hydrogens is 844 g/mol. The number of rotatable bonds is 5. The standard InChI is InChI=1S/C33H15BF23/c1-26(35,36)14-2-15(27(37,38)39)7-22(6-14)34(23-8-16(28(40,41)42)3-17(9-23)29(43,44)45,24-10-18(30(46,47)48)4-19(11-24)31(49,50)51)25-12-20(32(52,53)54)5-21(13-25)33(55,56)57/h2-13H,1H3/q-1. The third-order valence-corrected chi connectivity index (χ3v) is 8.62. The molecular formula is C33H15BF23-. The van der Waals surface area contributed by atoms with Crippen LogP contribution in [-0.4, -0.2) is 6.15 Å². The SMILES string of the molecule is CC(F)(F)c1cc([B-](c2cc(C(F)(F)F)cc(C(F)(F)F)c2)(c2cc(C(F)(F)F)cc(C(F)(F)F)c2)c2cc(C(F)(F)F)cc(C(F)(F)F)c2)cc(C(F)(F)F)c1. The van der Waals surface area contributed by atoms with Crippen molar-refractivity contribution in [3.05, 3.63) is 117 Å². The first kappa shape index (κ1) is 45.0. The molecule has 0 N–H and O–H groups in total. The monoisotopic (exact) mass is 859 g/mol. The largest absolute Gasteiger partial charge is 0.416 e. The van der Waals surface area contributed by atoms with E-state index in [1.807, 2.05) is 0 Å². The van der Waals surface area contributed by atoms with Crippen LogP contribution in [0.5, 0.6) is 0 Å². The molecule has 0 amide bonds. The van der Waals surface area contributed by atoms with Crippen molar-refractivity contribution < 1.29 is 101 Å². The molecule has 0 radical (unpaired) electrons. The molecule has 24 heteroatoms. The lowest BCUT2D eigenvalue weighted by atomic mass is 9.12. The Kier molecular flexibility index (Phi) is 10.8. The van der Waals surface area contributed by atoms with Crippen LogP contribution < -0.4 is 21.9 Å². The van der Waals surface area contributed by atoms with Crippen LogP contribution in [0, 0.1) is 0 Å². The van der Waals surface area contributed by atoms with Crippen molar-refractivity contribution in [1.29, 1.82) is 0 Å². The van der Waals surface area contributed by atoms with Crippen molar-refractivity contribution in [2.45, 2.75) is 56.1 Å². The van der Waals surface area contributed by atoms with Crippen LogP contribution >= 0.6 is 0 Å². The van der Waals surface area contributed by atoms with Crippen LogP contribution in [0.2, 0.25) is 0 Å². The topological polar surface area (TPSA) is 0 Å². The lowest BCUT2D eigenvalue weighted by molar-refractivity contribution is -0.144. The minimum absolute atomic E-state index is 0.203. The summed E-state index contributed by atoms with van der Waals surface area (Å²) in [5.74, 6) is -4.63. The van der Waals surface area contributed by atoms with Gasteiger partial charge in [0.15, 0.2) is 0 Å². The first-order valence-electron chi connectivity index (χ1n) is 14.9. The van der Waals surface area contributed by atoms with Crippen LogP contribution in [0.1, 0.15) is 51.4 Å². The lowest BCUT2D eigenvalue weighted by Crippen LogP contribution is -2.75. The molecule has 0 fully saturated rings. The molecule has 0 aliphatic rings. The number of alkyl halides is 23. The highest BCUT2D eigenvalue weighted by Crippen LogP contribution is 2.41. The average Bonchev–Trinajstić information content (AvgIpc) is 3.01. The minimum atomic E-state index is -6.07. The molecule has 4 aromatic carbocycles. The fourth-order valence-corrected chi connectivity index (χ4v) is 6.16. The first-order chi connectivity index (χ1) is 25.3. The van der Waals surface area contributed by atoms with Gasteiger partial charge >= 0.3 is 43.2 Å². The zero-order valence-corrected chi connectivity index (χ0v) is 27.2. The van der Waals surface area contributed by atoms with Crippen LogP contribution in [0.15, 0.2) is 72.8 Å². The maximum absolute atomic E-state index is 14.9. The van der Waals surface area contributed by atoms with Gasteiger partial charge in [0.1, 0.15) is 6.15 Å². The van der Waals surface area contributed by atoms with Crippen molar-refractivity contribution in [2.24, 2.45) is 0 Å². The number of hydrogen-bond donors (Lipinski definition) is 0. The zero-order valence-electron chi connectivity index (χ0n) is 27.2. The Morgan fingerprint density at radius 3 is 0.526 bits per heavy atom. The maximum Gasteiger partial charge on any atom is 0.416 e. The summed E-state index contributed by atoms with van der Waals surface area (Å²) in [5, 5.41) is 0. The zero-order chi connectivity index (χ0) is 43.9. The molecule has 0 nitrogen and oxygen atoms in total. The van der Waals surface area contributed by atoms with Crippen molar-refractivity contribution in [3.8, 4) is 0 Å². The predicted octanol–water partition coefficient (Wildman–Crippen LogP) is 11.3. The Labute approximate surface area is 302 Å². The van der Waals surface area contributed by atoms with Crippen LogP contribution in [0.3, 0.4) is 0 Å². The highest BCUT2D eigenvalue weighted by molar-refractivity contribution is 7.20. The first-order valence-corrected chi connectivity index (χ1v) is 14.9. The van der Waals surface area contributed by atoms with E-state index in [2.05, 4.69) is 0 Å². The van der Waals surface area contributed by atoms with Gasteiger partial charge in [0, 0.05) is 12.5 Å². The predicted molar refractivity (Wildman–Crippen MR) is 155 cm³/mol. The normalized spacial score (nSPS) is 14.3. The van der Waals surface area contributed by atoms with Gasteiger partial charge < -0.3 is 0 Å². The van der Waals surface area contributed by atoms with Gasteiger partial charge in [-0.15, -0.1) is 0 Å². The molecule has 57 heavy (non-hydrogen) atoms. The molecule has 0 aromatic heterocycles. The second kappa shape index (κ2) is 13.7. The maximum atomic E-state index is 14.9. The van der Waals surface area contributed by atoms with Gasteiger partial charge in [-0.3, -0.25) is 0 Å². The molecule has 0 spiro atoms. The van der Waals surface area contributed by atoms with Crippen molar-refractivity contribution in [1.82, 2.24) is 0 Å². The van der Waals surface area contributed by atoms with Gasteiger partial charge in [-0.25, -0.2) is 8.78 Å². The van der Waals surface area contributed by atoms with Crippen molar-refractivity contribution >= 4 is 28.0 Å². The van der Waals surface area contributed by atoms with E-state index in [1.54, 1.807) is 0 Å².